The number of nitrogens with one attached hydrogen (secondary N) is 1. The van der Waals surface area contributed by atoms with E-state index in [0.29, 0.717) is 5.69 Å². The van der Waals surface area contributed by atoms with Crippen molar-refractivity contribution >= 4 is 27.3 Å². The summed E-state index contributed by atoms with van der Waals surface area (Å²) < 4.78 is 6.24. The summed E-state index contributed by atoms with van der Waals surface area (Å²) in [7, 11) is 0. The summed E-state index contributed by atoms with van der Waals surface area (Å²) in [6.45, 7) is 12.6. The lowest BCUT2D eigenvalue weighted by Crippen LogP contribution is -2.39. The highest BCUT2D eigenvalue weighted by molar-refractivity contribution is 9.10. The molecule has 0 atom stereocenters. The molecule has 0 aromatic heterocycles. The first kappa shape index (κ1) is 13.3. The monoisotopic (exact) mass is 309 g/mol. The smallest absolute Gasteiger partial charge is 0.210 e. The van der Waals surface area contributed by atoms with E-state index >= 15 is 0 Å². The van der Waals surface area contributed by atoms with Gasteiger partial charge in [0.25, 0.3) is 0 Å². The van der Waals surface area contributed by atoms with Gasteiger partial charge in [-0.15, -0.1) is 0 Å². The molecule has 0 amide bonds. The zero-order valence-electron chi connectivity index (χ0n) is 10.2. The Hall–Kier alpha value is -1.09. The summed E-state index contributed by atoms with van der Waals surface area (Å²) in [6.07, 6.45) is 0. The van der Waals surface area contributed by atoms with Crippen LogP contribution in [-0.4, -0.2) is 44.3 Å². The van der Waals surface area contributed by atoms with Gasteiger partial charge >= 0.3 is 0 Å². The third kappa shape index (κ3) is 3.70. The minimum absolute atomic E-state index is 0.659. The number of benzene rings is 1. The standard InChI is InChI=1S/C13H16BrN3O/c1-15-13-10-11(14)2-3-12(13)16-4-5-17-6-8-18-9-7-17/h2-3,10,16H,4-9H2. The number of morpholine rings is 1. The second-order valence-corrected chi connectivity index (χ2v) is 5.07. The molecule has 1 aliphatic heterocycles. The van der Waals surface area contributed by atoms with Crippen molar-refractivity contribution in [2.75, 3.05) is 44.7 Å². The van der Waals surface area contributed by atoms with E-state index in [9.17, 15) is 0 Å². The molecule has 96 valence electrons. The van der Waals surface area contributed by atoms with E-state index < -0.39 is 0 Å². The lowest BCUT2D eigenvalue weighted by molar-refractivity contribution is 0.0398. The normalized spacial score (nSPS) is 16.2. The van der Waals surface area contributed by atoms with Gasteiger partial charge in [-0.2, -0.15) is 0 Å². The molecule has 0 saturated carbocycles. The van der Waals surface area contributed by atoms with E-state index in [-0.39, 0.29) is 0 Å². The van der Waals surface area contributed by atoms with Crippen LogP contribution < -0.4 is 5.32 Å². The Kier molecular flexibility index (Phi) is 5.00. The van der Waals surface area contributed by atoms with Crippen molar-refractivity contribution in [1.29, 1.82) is 0 Å². The topological polar surface area (TPSA) is 28.9 Å². The molecule has 0 spiro atoms. The number of anilines is 1. The van der Waals surface area contributed by atoms with Crippen LogP contribution in [0.5, 0.6) is 0 Å². The molecule has 1 aromatic carbocycles. The largest absolute Gasteiger partial charge is 0.392 e. The molecule has 1 aliphatic rings. The number of rotatable bonds is 4. The second-order valence-electron chi connectivity index (χ2n) is 4.15. The molecule has 1 heterocycles. The van der Waals surface area contributed by atoms with Crippen molar-refractivity contribution in [3.05, 3.63) is 34.1 Å². The number of ether oxygens (including phenoxy) is 1. The predicted octanol–water partition coefficient (Wildman–Crippen LogP) is 2.74. The first-order valence-corrected chi connectivity index (χ1v) is 6.80. The quantitative estimate of drug-likeness (QED) is 0.867. The molecule has 0 bridgehead atoms. The zero-order chi connectivity index (χ0) is 12.8. The fraction of sp³-hybridized carbons (Fsp3) is 0.462. The van der Waals surface area contributed by atoms with Gasteiger partial charge in [-0.25, -0.2) is 4.85 Å². The van der Waals surface area contributed by atoms with Gasteiger partial charge in [0.15, 0.2) is 0 Å². The van der Waals surface area contributed by atoms with Gasteiger partial charge in [0.1, 0.15) is 0 Å². The first-order valence-electron chi connectivity index (χ1n) is 6.00. The number of halogens is 1. The fourth-order valence-corrected chi connectivity index (χ4v) is 2.27. The number of hydrogen-bond donors (Lipinski definition) is 1. The Morgan fingerprint density at radius 2 is 2.17 bits per heavy atom. The van der Waals surface area contributed by atoms with Crippen molar-refractivity contribution in [2.24, 2.45) is 0 Å². The Morgan fingerprint density at radius 1 is 1.39 bits per heavy atom. The van der Waals surface area contributed by atoms with E-state index in [0.717, 1.165) is 49.6 Å². The molecule has 2 rings (SSSR count). The first-order chi connectivity index (χ1) is 8.79. The average molecular weight is 310 g/mol. The maximum absolute atomic E-state index is 7.15. The van der Waals surface area contributed by atoms with Gasteiger partial charge in [-0.3, -0.25) is 4.90 Å². The predicted molar refractivity (Wildman–Crippen MR) is 76.2 cm³/mol. The average Bonchev–Trinajstić information content (AvgIpc) is 2.41. The van der Waals surface area contributed by atoms with Crippen LogP contribution in [0.1, 0.15) is 0 Å². The molecule has 4 nitrogen and oxygen atoms in total. The molecule has 1 fully saturated rings. The molecule has 0 aliphatic carbocycles. The highest BCUT2D eigenvalue weighted by Gasteiger charge is 2.09. The molecule has 0 radical (unpaired) electrons. The van der Waals surface area contributed by atoms with Crippen LogP contribution in [0.2, 0.25) is 0 Å². The van der Waals surface area contributed by atoms with Crippen LogP contribution in [0, 0.1) is 6.57 Å². The Labute approximate surface area is 116 Å². The van der Waals surface area contributed by atoms with Gasteiger partial charge in [0, 0.05) is 36.3 Å². The number of nitrogens with zero attached hydrogens (tertiary/aromatic N) is 2. The maximum Gasteiger partial charge on any atom is 0.210 e. The fourth-order valence-electron chi connectivity index (χ4n) is 1.92. The zero-order valence-corrected chi connectivity index (χ0v) is 11.7. The summed E-state index contributed by atoms with van der Waals surface area (Å²) in [6, 6.07) is 5.73. The van der Waals surface area contributed by atoms with E-state index in [2.05, 4.69) is 31.0 Å². The molecular formula is C13H16BrN3O. The third-order valence-electron chi connectivity index (χ3n) is 2.93. The Balaban J connectivity index is 1.84. The summed E-state index contributed by atoms with van der Waals surface area (Å²) in [5.41, 5.74) is 1.56. The minimum Gasteiger partial charge on any atom is -0.392 e. The van der Waals surface area contributed by atoms with Crippen molar-refractivity contribution < 1.29 is 4.74 Å². The van der Waals surface area contributed by atoms with Crippen LogP contribution in [-0.2, 0) is 4.74 Å². The minimum atomic E-state index is 0.659. The van der Waals surface area contributed by atoms with Crippen molar-refractivity contribution in [3.8, 4) is 0 Å². The molecule has 1 N–H and O–H groups in total. The highest BCUT2D eigenvalue weighted by Crippen LogP contribution is 2.28. The second kappa shape index (κ2) is 6.74. The van der Waals surface area contributed by atoms with E-state index in [4.69, 9.17) is 11.3 Å². The lowest BCUT2D eigenvalue weighted by Gasteiger charge is -2.26. The summed E-state index contributed by atoms with van der Waals surface area (Å²) in [5, 5.41) is 3.32. The van der Waals surface area contributed by atoms with E-state index in [1.165, 1.54) is 0 Å². The lowest BCUT2D eigenvalue weighted by atomic mass is 10.2. The van der Waals surface area contributed by atoms with Crippen LogP contribution in [0.15, 0.2) is 22.7 Å². The maximum atomic E-state index is 7.15. The van der Waals surface area contributed by atoms with Crippen LogP contribution in [0.4, 0.5) is 11.4 Å². The molecular weight excluding hydrogens is 294 g/mol. The molecule has 5 heteroatoms. The van der Waals surface area contributed by atoms with Crippen LogP contribution in [0.3, 0.4) is 0 Å². The van der Waals surface area contributed by atoms with Gasteiger partial charge in [-0.05, 0) is 18.2 Å². The molecule has 1 saturated heterocycles. The summed E-state index contributed by atoms with van der Waals surface area (Å²) >= 11 is 3.37. The molecule has 1 aromatic rings. The van der Waals surface area contributed by atoms with Gasteiger partial charge < -0.3 is 10.1 Å². The number of hydrogen-bond acceptors (Lipinski definition) is 3. The summed E-state index contributed by atoms with van der Waals surface area (Å²) in [5.74, 6) is 0. The van der Waals surface area contributed by atoms with Crippen LogP contribution >= 0.6 is 15.9 Å². The molecule has 0 unspecified atom stereocenters. The van der Waals surface area contributed by atoms with Crippen LogP contribution in [0.25, 0.3) is 4.85 Å². The Bertz CT molecular complexity index is 438. The molecule has 18 heavy (non-hydrogen) atoms. The van der Waals surface area contributed by atoms with E-state index in [1.807, 2.05) is 18.2 Å². The van der Waals surface area contributed by atoms with E-state index in [1.54, 1.807) is 0 Å². The van der Waals surface area contributed by atoms with Crippen molar-refractivity contribution in [3.63, 3.8) is 0 Å². The van der Waals surface area contributed by atoms with Crippen molar-refractivity contribution in [1.82, 2.24) is 4.90 Å². The SMILES string of the molecule is [C-]#[N+]c1cc(Br)ccc1NCCN1CCOCC1. The third-order valence-corrected chi connectivity index (χ3v) is 3.42. The Morgan fingerprint density at radius 3 is 2.89 bits per heavy atom. The van der Waals surface area contributed by atoms with Gasteiger partial charge in [0.2, 0.25) is 5.69 Å². The van der Waals surface area contributed by atoms with Gasteiger partial charge in [-0.1, -0.05) is 15.9 Å². The van der Waals surface area contributed by atoms with Crippen molar-refractivity contribution in [2.45, 2.75) is 0 Å². The summed E-state index contributed by atoms with van der Waals surface area (Å²) in [4.78, 5) is 5.89. The van der Waals surface area contributed by atoms with Gasteiger partial charge in [0.05, 0.1) is 19.8 Å². The highest BCUT2D eigenvalue weighted by atomic mass is 79.9.